The number of hydrogen-bond donors (Lipinski definition) is 2. The van der Waals surface area contributed by atoms with E-state index in [2.05, 4.69) is 58.4 Å². The highest BCUT2D eigenvalue weighted by molar-refractivity contribution is 8.00. The smallest absolute Gasteiger partial charge is 0.223 e. The average molecular weight is 479 g/mol. The normalized spacial score (nSPS) is 14.5. The van der Waals surface area contributed by atoms with Gasteiger partial charge in [-0.15, -0.1) is 0 Å². The molecule has 0 bridgehead atoms. The van der Waals surface area contributed by atoms with E-state index >= 15 is 0 Å². The monoisotopic (exact) mass is 478 g/mol. The summed E-state index contributed by atoms with van der Waals surface area (Å²) in [6.45, 7) is 2.19. The molecule has 1 aliphatic carbocycles. The third kappa shape index (κ3) is 6.99. The molecule has 0 radical (unpaired) electrons. The Morgan fingerprint density at radius 2 is 1.82 bits per heavy atom. The molecule has 0 saturated heterocycles. The molecule has 1 aromatic heterocycles. The van der Waals surface area contributed by atoms with Gasteiger partial charge in [0.05, 0.1) is 10.7 Å². The number of hydrogen-bond acceptors (Lipinski definition) is 5. The van der Waals surface area contributed by atoms with E-state index in [0.717, 1.165) is 51.2 Å². The van der Waals surface area contributed by atoms with Crippen molar-refractivity contribution in [1.29, 1.82) is 0 Å². The SMILES string of the molecule is CCCc1nc(NC2CCCCC2)ncc1/C=C/c1ccc(NSc2ccccc2Cl)cc1. The number of halogens is 1. The van der Waals surface area contributed by atoms with Gasteiger partial charge in [0.15, 0.2) is 0 Å². The molecule has 0 amide bonds. The first-order valence-corrected chi connectivity index (χ1v) is 13.0. The van der Waals surface area contributed by atoms with Gasteiger partial charge in [-0.3, -0.25) is 0 Å². The number of benzene rings is 2. The first-order chi connectivity index (χ1) is 16.2. The molecule has 0 unspecified atom stereocenters. The summed E-state index contributed by atoms with van der Waals surface area (Å²) in [7, 11) is 0. The Kier molecular flexibility index (Phi) is 8.67. The quantitative estimate of drug-likeness (QED) is 0.304. The summed E-state index contributed by atoms with van der Waals surface area (Å²) in [4.78, 5) is 10.5. The molecule has 0 aliphatic heterocycles. The zero-order valence-corrected chi connectivity index (χ0v) is 20.6. The fraction of sp³-hybridized carbons (Fsp3) is 0.333. The molecule has 2 aromatic carbocycles. The Morgan fingerprint density at radius 3 is 2.58 bits per heavy atom. The van der Waals surface area contributed by atoms with Crippen LogP contribution in [0.3, 0.4) is 0 Å². The minimum absolute atomic E-state index is 0.512. The lowest BCUT2D eigenvalue weighted by atomic mass is 9.96. The first-order valence-electron chi connectivity index (χ1n) is 11.8. The van der Waals surface area contributed by atoms with Gasteiger partial charge in [-0.1, -0.05) is 80.6 Å². The molecular formula is C27H31ClN4S. The number of aromatic nitrogens is 2. The van der Waals surface area contributed by atoms with Crippen molar-refractivity contribution in [2.75, 3.05) is 10.0 Å². The molecule has 4 rings (SSSR count). The predicted molar refractivity (Wildman–Crippen MR) is 143 cm³/mol. The molecule has 33 heavy (non-hydrogen) atoms. The average Bonchev–Trinajstić information content (AvgIpc) is 2.85. The Morgan fingerprint density at radius 1 is 1.03 bits per heavy atom. The van der Waals surface area contributed by atoms with Gasteiger partial charge < -0.3 is 10.0 Å². The van der Waals surface area contributed by atoms with Crippen LogP contribution in [0.2, 0.25) is 5.02 Å². The summed E-state index contributed by atoms with van der Waals surface area (Å²) in [5.41, 5.74) is 4.36. The highest BCUT2D eigenvalue weighted by atomic mass is 35.5. The van der Waals surface area contributed by atoms with Crippen molar-refractivity contribution in [2.24, 2.45) is 0 Å². The summed E-state index contributed by atoms with van der Waals surface area (Å²) >= 11 is 7.74. The van der Waals surface area contributed by atoms with Gasteiger partial charge in [-0.05, 0) is 61.0 Å². The summed E-state index contributed by atoms with van der Waals surface area (Å²) < 4.78 is 3.35. The molecule has 6 heteroatoms. The second-order valence-corrected chi connectivity index (χ2v) is 9.67. The number of rotatable bonds is 9. The third-order valence-electron chi connectivity index (χ3n) is 5.81. The fourth-order valence-corrected chi connectivity index (χ4v) is 4.92. The maximum Gasteiger partial charge on any atom is 0.223 e. The van der Waals surface area contributed by atoms with E-state index in [1.165, 1.54) is 44.1 Å². The van der Waals surface area contributed by atoms with E-state index in [4.69, 9.17) is 16.6 Å². The highest BCUT2D eigenvalue weighted by Gasteiger charge is 2.14. The number of anilines is 2. The second kappa shape index (κ2) is 12.1. The molecule has 1 saturated carbocycles. The highest BCUT2D eigenvalue weighted by Crippen LogP contribution is 2.28. The van der Waals surface area contributed by atoms with Crippen LogP contribution in [0, 0.1) is 0 Å². The van der Waals surface area contributed by atoms with Crippen LogP contribution in [-0.2, 0) is 6.42 Å². The van der Waals surface area contributed by atoms with Crippen molar-refractivity contribution < 1.29 is 0 Å². The Balaban J connectivity index is 1.39. The van der Waals surface area contributed by atoms with Crippen molar-refractivity contribution >= 4 is 47.3 Å². The van der Waals surface area contributed by atoms with Crippen LogP contribution >= 0.6 is 23.5 Å². The van der Waals surface area contributed by atoms with Crippen LogP contribution in [0.5, 0.6) is 0 Å². The molecule has 0 atom stereocenters. The molecule has 172 valence electrons. The third-order valence-corrected chi connectivity index (χ3v) is 7.16. The second-order valence-electron chi connectivity index (χ2n) is 8.41. The van der Waals surface area contributed by atoms with Gasteiger partial charge in [0, 0.05) is 28.4 Å². The van der Waals surface area contributed by atoms with E-state index in [9.17, 15) is 0 Å². The Bertz CT molecular complexity index is 1060. The fourth-order valence-electron chi connectivity index (χ4n) is 3.99. The van der Waals surface area contributed by atoms with E-state index in [0.29, 0.717) is 6.04 Å². The van der Waals surface area contributed by atoms with E-state index in [1.54, 1.807) is 0 Å². The summed E-state index contributed by atoms with van der Waals surface area (Å²) in [6, 6.07) is 16.7. The number of nitrogens with zero attached hydrogens (tertiary/aromatic N) is 2. The molecule has 3 aromatic rings. The maximum atomic E-state index is 6.22. The molecule has 1 aliphatic rings. The summed E-state index contributed by atoms with van der Waals surface area (Å²) in [5.74, 6) is 0.772. The lowest BCUT2D eigenvalue weighted by Gasteiger charge is -2.23. The molecule has 4 nitrogen and oxygen atoms in total. The minimum Gasteiger partial charge on any atom is -0.351 e. The van der Waals surface area contributed by atoms with Crippen LogP contribution in [0.1, 0.15) is 62.3 Å². The van der Waals surface area contributed by atoms with E-state index in [-0.39, 0.29) is 0 Å². The van der Waals surface area contributed by atoms with Gasteiger partial charge in [-0.25, -0.2) is 9.97 Å². The standard InChI is InChI=1S/C27H31ClN4S/c1-2-8-25-21(19-29-27(31-25)30-22-9-4-3-5-10-22)16-13-20-14-17-23(18-15-20)32-33-26-12-7-6-11-24(26)28/h6-7,11-19,22,32H,2-5,8-10H2,1H3,(H,29,30,31)/b16-13+. The molecular weight excluding hydrogens is 448 g/mol. The zero-order chi connectivity index (χ0) is 22.9. The van der Waals surface area contributed by atoms with Gasteiger partial charge in [0.1, 0.15) is 0 Å². The van der Waals surface area contributed by atoms with Crippen molar-refractivity contribution in [2.45, 2.75) is 62.8 Å². The summed E-state index contributed by atoms with van der Waals surface area (Å²) in [5, 5.41) is 4.30. The van der Waals surface area contributed by atoms with Gasteiger partial charge in [0.2, 0.25) is 5.95 Å². The summed E-state index contributed by atoms with van der Waals surface area (Å²) in [6.07, 6.45) is 14.6. The maximum absolute atomic E-state index is 6.22. The van der Waals surface area contributed by atoms with Crippen molar-refractivity contribution in [3.05, 3.63) is 76.6 Å². The van der Waals surface area contributed by atoms with E-state index < -0.39 is 0 Å². The molecule has 1 fully saturated rings. The molecule has 1 heterocycles. The number of aryl methyl sites for hydroxylation is 1. The van der Waals surface area contributed by atoms with Gasteiger partial charge >= 0.3 is 0 Å². The van der Waals surface area contributed by atoms with Crippen molar-refractivity contribution in [3.63, 3.8) is 0 Å². The Labute approximate surface area is 206 Å². The van der Waals surface area contributed by atoms with Crippen LogP contribution in [0.15, 0.2) is 59.6 Å². The van der Waals surface area contributed by atoms with Gasteiger partial charge in [-0.2, -0.15) is 0 Å². The van der Waals surface area contributed by atoms with Crippen molar-refractivity contribution in [3.8, 4) is 0 Å². The lowest BCUT2D eigenvalue weighted by Crippen LogP contribution is -2.23. The molecule has 0 spiro atoms. The van der Waals surface area contributed by atoms with Crippen molar-refractivity contribution in [1.82, 2.24) is 9.97 Å². The minimum atomic E-state index is 0.512. The molecule has 2 N–H and O–H groups in total. The number of nitrogens with one attached hydrogen (secondary N) is 2. The lowest BCUT2D eigenvalue weighted by molar-refractivity contribution is 0.460. The van der Waals surface area contributed by atoms with Crippen LogP contribution in [0.25, 0.3) is 12.2 Å². The van der Waals surface area contributed by atoms with Crippen LogP contribution in [0.4, 0.5) is 11.6 Å². The van der Waals surface area contributed by atoms with Gasteiger partial charge in [0.25, 0.3) is 0 Å². The zero-order valence-electron chi connectivity index (χ0n) is 19.1. The largest absolute Gasteiger partial charge is 0.351 e. The van der Waals surface area contributed by atoms with Crippen LogP contribution in [-0.4, -0.2) is 16.0 Å². The van der Waals surface area contributed by atoms with E-state index in [1.807, 2.05) is 30.5 Å². The predicted octanol–water partition coefficient (Wildman–Crippen LogP) is 8.12. The topological polar surface area (TPSA) is 49.8 Å². The Hall–Kier alpha value is -2.50. The van der Waals surface area contributed by atoms with Crippen LogP contribution < -0.4 is 10.0 Å². The first kappa shape index (κ1) is 23.7.